The van der Waals surface area contributed by atoms with Crippen LogP contribution in [0.15, 0.2) is 29.3 Å². The highest BCUT2D eigenvalue weighted by molar-refractivity contribution is 14.0. The van der Waals surface area contributed by atoms with Crippen molar-refractivity contribution < 1.29 is 0 Å². The number of aryl methyl sites for hydroxylation is 1. The number of halogens is 1. The second kappa shape index (κ2) is 11.6. The highest BCUT2D eigenvalue weighted by atomic mass is 127. The molecule has 3 heterocycles. The molecule has 0 aliphatic carbocycles. The number of hydrogen-bond donors (Lipinski definition) is 2. The number of guanidine groups is 1. The molecule has 0 bridgehead atoms. The van der Waals surface area contributed by atoms with Crippen LogP contribution >= 0.6 is 24.0 Å². The molecule has 7 nitrogen and oxygen atoms in total. The van der Waals surface area contributed by atoms with Gasteiger partial charge in [0.05, 0.1) is 13.1 Å². The van der Waals surface area contributed by atoms with Crippen molar-refractivity contribution in [3.05, 3.63) is 47.0 Å². The van der Waals surface area contributed by atoms with Gasteiger partial charge in [-0.2, -0.15) is 0 Å². The predicted octanol–water partition coefficient (Wildman–Crippen LogP) is 3.08. The molecule has 0 amide bonds. The van der Waals surface area contributed by atoms with Crippen molar-refractivity contribution in [2.75, 3.05) is 19.6 Å². The van der Waals surface area contributed by atoms with Crippen molar-refractivity contribution in [1.82, 2.24) is 30.3 Å². The molecule has 30 heavy (non-hydrogen) atoms. The number of nitrogens with one attached hydrogen (secondary N) is 2. The Morgan fingerprint density at radius 2 is 1.73 bits per heavy atom. The van der Waals surface area contributed by atoms with E-state index in [0.29, 0.717) is 13.1 Å². The number of aliphatic imine (C=N–C) groups is 1. The lowest BCUT2D eigenvalue weighted by molar-refractivity contribution is 0.221. The van der Waals surface area contributed by atoms with Gasteiger partial charge < -0.3 is 15.2 Å². The first-order valence-electron chi connectivity index (χ1n) is 11.0. The maximum absolute atomic E-state index is 4.75. The van der Waals surface area contributed by atoms with Crippen molar-refractivity contribution >= 4 is 29.9 Å². The maximum atomic E-state index is 4.75. The molecule has 0 spiro atoms. The van der Waals surface area contributed by atoms with E-state index in [1.807, 2.05) is 0 Å². The van der Waals surface area contributed by atoms with E-state index in [1.54, 1.807) is 0 Å². The lowest BCUT2D eigenvalue weighted by Crippen LogP contribution is -2.37. The molecule has 0 saturated carbocycles. The summed E-state index contributed by atoms with van der Waals surface area (Å²) in [7, 11) is 0. The Hall–Kier alpha value is -1.68. The van der Waals surface area contributed by atoms with Gasteiger partial charge in [-0.1, -0.05) is 30.7 Å². The van der Waals surface area contributed by atoms with E-state index >= 15 is 0 Å². The third-order valence-corrected chi connectivity index (χ3v) is 5.74. The van der Waals surface area contributed by atoms with Crippen LogP contribution in [-0.4, -0.2) is 45.3 Å². The van der Waals surface area contributed by atoms with Gasteiger partial charge in [-0.15, -0.1) is 34.2 Å². The predicted molar refractivity (Wildman–Crippen MR) is 131 cm³/mol. The fourth-order valence-electron chi connectivity index (χ4n) is 4.14. The number of nitrogens with zero attached hydrogens (tertiary/aromatic N) is 5. The number of fused-ring (bicyclic) bond motifs is 1. The van der Waals surface area contributed by atoms with Gasteiger partial charge >= 0.3 is 0 Å². The van der Waals surface area contributed by atoms with Gasteiger partial charge in [-0.3, -0.25) is 4.90 Å². The topological polar surface area (TPSA) is 70.4 Å². The molecule has 0 radical (unpaired) electrons. The molecule has 2 aliphatic rings. The average molecular weight is 523 g/mol. The molecule has 1 fully saturated rings. The highest BCUT2D eigenvalue weighted by Crippen LogP contribution is 2.15. The Morgan fingerprint density at radius 3 is 2.50 bits per heavy atom. The van der Waals surface area contributed by atoms with E-state index in [9.17, 15) is 0 Å². The maximum Gasteiger partial charge on any atom is 0.191 e. The Kier molecular flexibility index (Phi) is 8.92. The van der Waals surface area contributed by atoms with Gasteiger partial charge in [0, 0.05) is 26.1 Å². The number of likely N-dealkylation sites (tertiary alicyclic amines) is 1. The van der Waals surface area contributed by atoms with E-state index < -0.39 is 0 Å². The molecule has 164 valence electrons. The largest absolute Gasteiger partial charge is 0.357 e. The molecule has 8 heteroatoms. The van der Waals surface area contributed by atoms with Crippen LogP contribution in [0.2, 0.25) is 0 Å². The van der Waals surface area contributed by atoms with E-state index in [1.165, 1.54) is 49.9 Å². The van der Waals surface area contributed by atoms with Crippen LogP contribution in [-0.2, 0) is 32.6 Å². The van der Waals surface area contributed by atoms with Gasteiger partial charge in [-0.25, -0.2) is 4.99 Å². The van der Waals surface area contributed by atoms with Crippen molar-refractivity contribution in [3.63, 3.8) is 0 Å². The Labute approximate surface area is 196 Å². The van der Waals surface area contributed by atoms with Gasteiger partial charge in [0.2, 0.25) is 0 Å². The standard InChI is InChI=1S/C22H33N7.HI/c1-2-23-22(25-16-21-27-26-20-7-6-14-29(20)21)24-15-18-8-10-19(11-9-18)17-28-12-4-3-5-13-28;/h8-11H,2-7,12-17H2,1H3,(H2,23,24,25);1H. The molecule has 2 N–H and O–H groups in total. The fourth-order valence-corrected chi connectivity index (χ4v) is 4.14. The fraction of sp³-hybridized carbons (Fsp3) is 0.591. The van der Waals surface area contributed by atoms with Crippen LogP contribution in [0, 0.1) is 0 Å². The molecule has 2 aromatic rings. The third-order valence-electron chi connectivity index (χ3n) is 5.74. The van der Waals surface area contributed by atoms with Crippen LogP contribution in [0.5, 0.6) is 0 Å². The SMILES string of the molecule is CCNC(=NCc1ccc(CN2CCCCC2)cc1)NCc1nnc2n1CCC2.I. The summed E-state index contributed by atoms with van der Waals surface area (Å²) in [6.45, 7) is 8.79. The van der Waals surface area contributed by atoms with Crippen LogP contribution in [0.1, 0.15) is 55.4 Å². The van der Waals surface area contributed by atoms with Gasteiger partial charge in [0.1, 0.15) is 5.82 Å². The lowest BCUT2D eigenvalue weighted by Gasteiger charge is -2.26. The van der Waals surface area contributed by atoms with E-state index in [2.05, 4.69) is 61.5 Å². The van der Waals surface area contributed by atoms with Gasteiger partial charge in [-0.05, 0) is 50.4 Å². The molecular weight excluding hydrogens is 489 g/mol. The van der Waals surface area contributed by atoms with Crippen LogP contribution < -0.4 is 10.6 Å². The summed E-state index contributed by atoms with van der Waals surface area (Å²) < 4.78 is 2.22. The summed E-state index contributed by atoms with van der Waals surface area (Å²) in [5.41, 5.74) is 2.62. The molecule has 1 aromatic heterocycles. The molecular formula is C22H34IN7. The van der Waals surface area contributed by atoms with Crippen molar-refractivity contribution in [2.45, 2.75) is 65.2 Å². The van der Waals surface area contributed by atoms with E-state index in [0.717, 1.165) is 43.7 Å². The zero-order valence-electron chi connectivity index (χ0n) is 17.9. The number of benzene rings is 1. The minimum Gasteiger partial charge on any atom is -0.357 e. The third kappa shape index (κ3) is 6.16. The number of hydrogen-bond acceptors (Lipinski definition) is 4. The minimum absolute atomic E-state index is 0. The first kappa shape index (κ1) is 23.0. The second-order valence-corrected chi connectivity index (χ2v) is 7.99. The van der Waals surface area contributed by atoms with Gasteiger partial charge in [0.25, 0.3) is 0 Å². The molecule has 1 aromatic carbocycles. The minimum atomic E-state index is 0. The number of rotatable bonds is 7. The van der Waals surface area contributed by atoms with Crippen LogP contribution in [0.4, 0.5) is 0 Å². The van der Waals surface area contributed by atoms with Gasteiger partial charge in [0.15, 0.2) is 11.8 Å². The Bertz CT molecular complexity index is 809. The summed E-state index contributed by atoms with van der Waals surface area (Å²) in [5, 5.41) is 15.3. The summed E-state index contributed by atoms with van der Waals surface area (Å²) in [6, 6.07) is 8.91. The summed E-state index contributed by atoms with van der Waals surface area (Å²) in [4.78, 5) is 7.31. The lowest BCUT2D eigenvalue weighted by atomic mass is 10.1. The normalized spacial score (nSPS) is 16.8. The van der Waals surface area contributed by atoms with E-state index in [4.69, 9.17) is 4.99 Å². The first-order chi connectivity index (χ1) is 14.3. The molecule has 2 aliphatic heterocycles. The monoisotopic (exact) mass is 523 g/mol. The van der Waals surface area contributed by atoms with Crippen LogP contribution in [0.3, 0.4) is 0 Å². The molecule has 1 saturated heterocycles. The Morgan fingerprint density at radius 1 is 0.967 bits per heavy atom. The van der Waals surface area contributed by atoms with Crippen molar-refractivity contribution in [3.8, 4) is 0 Å². The smallest absolute Gasteiger partial charge is 0.191 e. The number of aromatic nitrogens is 3. The number of piperidine rings is 1. The Balaban J connectivity index is 0.00000256. The molecule has 0 unspecified atom stereocenters. The van der Waals surface area contributed by atoms with E-state index in [-0.39, 0.29) is 24.0 Å². The van der Waals surface area contributed by atoms with Crippen LogP contribution in [0.25, 0.3) is 0 Å². The second-order valence-electron chi connectivity index (χ2n) is 7.99. The summed E-state index contributed by atoms with van der Waals surface area (Å²) in [6.07, 6.45) is 6.26. The average Bonchev–Trinajstić information content (AvgIpc) is 3.36. The molecule has 4 rings (SSSR count). The van der Waals surface area contributed by atoms with Crippen molar-refractivity contribution in [2.24, 2.45) is 4.99 Å². The summed E-state index contributed by atoms with van der Waals surface area (Å²) in [5.74, 6) is 2.92. The molecule has 0 atom stereocenters. The zero-order chi connectivity index (χ0) is 19.9. The quantitative estimate of drug-likeness (QED) is 0.332. The van der Waals surface area contributed by atoms with Crippen molar-refractivity contribution in [1.29, 1.82) is 0 Å². The highest BCUT2D eigenvalue weighted by Gasteiger charge is 2.17. The first-order valence-corrected chi connectivity index (χ1v) is 11.0. The summed E-state index contributed by atoms with van der Waals surface area (Å²) >= 11 is 0. The zero-order valence-corrected chi connectivity index (χ0v) is 20.3.